The Bertz CT molecular complexity index is 853. The van der Waals surface area contributed by atoms with Gasteiger partial charge in [-0.15, -0.1) is 0 Å². The molecule has 1 aliphatic heterocycles. The van der Waals surface area contributed by atoms with Gasteiger partial charge in [-0.1, -0.05) is 19.4 Å². The molecular formula is C18H23N3O4S. The van der Waals surface area contributed by atoms with Crippen LogP contribution >= 0.6 is 0 Å². The van der Waals surface area contributed by atoms with Gasteiger partial charge in [-0.3, -0.25) is 0 Å². The van der Waals surface area contributed by atoms with E-state index in [-0.39, 0.29) is 17.7 Å². The molecule has 0 saturated carbocycles. The molecule has 2 heterocycles. The summed E-state index contributed by atoms with van der Waals surface area (Å²) in [7, 11) is -3.54. The van der Waals surface area contributed by atoms with Crippen molar-refractivity contribution >= 4 is 15.8 Å². The molecule has 2 N–H and O–H groups in total. The van der Waals surface area contributed by atoms with E-state index in [1.807, 2.05) is 32.0 Å². The number of benzene rings is 1. The molecule has 3 rings (SSSR count). The molecule has 140 valence electrons. The zero-order chi connectivity index (χ0) is 18.6. The van der Waals surface area contributed by atoms with Crippen molar-refractivity contribution in [3.05, 3.63) is 42.1 Å². The molecule has 0 radical (unpaired) electrons. The summed E-state index contributed by atoms with van der Waals surface area (Å²) in [5, 5.41) is 3.17. The van der Waals surface area contributed by atoms with Crippen molar-refractivity contribution in [3.8, 4) is 11.5 Å². The van der Waals surface area contributed by atoms with E-state index in [4.69, 9.17) is 9.47 Å². The van der Waals surface area contributed by atoms with Crippen LogP contribution in [0.1, 0.15) is 32.3 Å². The molecule has 7 nitrogen and oxygen atoms in total. The largest absolute Gasteiger partial charge is 0.454 e. The van der Waals surface area contributed by atoms with E-state index in [0.717, 1.165) is 29.9 Å². The van der Waals surface area contributed by atoms with E-state index in [0.29, 0.717) is 12.4 Å². The SMILES string of the molecule is CCCC(C)NS(=O)(=O)c1ccc(NCc2ccc3c(c2)OCO3)nc1. The second-order valence-corrected chi connectivity index (χ2v) is 7.95. The smallest absolute Gasteiger partial charge is 0.242 e. The highest BCUT2D eigenvalue weighted by Crippen LogP contribution is 2.32. The van der Waals surface area contributed by atoms with Crippen molar-refractivity contribution in [1.29, 1.82) is 0 Å². The second-order valence-electron chi connectivity index (χ2n) is 6.23. The molecule has 8 heteroatoms. The van der Waals surface area contributed by atoms with Crippen LogP contribution in [0.2, 0.25) is 0 Å². The molecule has 26 heavy (non-hydrogen) atoms. The van der Waals surface area contributed by atoms with Crippen LogP contribution in [-0.2, 0) is 16.6 Å². The van der Waals surface area contributed by atoms with Gasteiger partial charge in [0.2, 0.25) is 16.8 Å². The maximum atomic E-state index is 12.3. The molecule has 0 aliphatic carbocycles. The molecule has 0 spiro atoms. The van der Waals surface area contributed by atoms with Crippen molar-refractivity contribution < 1.29 is 17.9 Å². The molecule has 0 saturated heterocycles. The van der Waals surface area contributed by atoms with Crippen LogP contribution in [0.5, 0.6) is 11.5 Å². The zero-order valence-corrected chi connectivity index (χ0v) is 15.7. The fourth-order valence-electron chi connectivity index (χ4n) is 2.71. The first-order valence-corrected chi connectivity index (χ1v) is 10.1. The number of anilines is 1. The van der Waals surface area contributed by atoms with Crippen LogP contribution in [0.3, 0.4) is 0 Å². The summed E-state index contributed by atoms with van der Waals surface area (Å²) in [5.74, 6) is 2.07. The van der Waals surface area contributed by atoms with Gasteiger partial charge in [-0.25, -0.2) is 18.1 Å². The van der Waals surface area contributed by atoms with Crippen LogP contribution < -0.4 is 19.5 Å². The van der Waals surface area contributed by atoms with E-state index in [1.54, 1.807) is 12.1 Å². The van der Waals surface area contributed by atoms with Gasteiger partial charge in [0.15, 0.2) is 11.5 Å². The Hall–Kier alpha value is -2.32. The summed E-state index contributed by atoms with van der Waals surface area (Å²) >= 11 is 0. The second kappa shape index (κ2) is 7.92. The number of sulfonamides is 1. The van der Waals surface area contributed by atoms with Crippen molar-refractivity contribution in [2.24, 2.45) is 0 Å². The number of hydrogen-bond donors (Lipinski definition) is 2. The Morgan fingerprint density at radius 1 is 1.19 bits per heavy atom. The van der Waals surface area contributed by atoms with E-state index >= 15 is 0 Å². The number of hydrogen-bond acceptors (Lipinski definition) is 6. The van der Waals surface area contributed by atoms with Crippen LogP contribution in [0, 0.1) is 0 Å². The predicted octanol–water partition coefficient (Wildman–Crippen LogP) is 2.89. The first-order chi connectivity index (χ1) is 12.5. The molecule has 0 bridgehead atoms. The van der Waals surface area contributed by atoms with E-state index in [2.05, 4.69) is 15.0 Å². The van der Waals surface area contributed by atoms with Crippen molar-refractivity contribution in [2.45, 2.75) is 44.2 Å². The maximum absolute atomic E-state index is 12.3. The fraction of sp³-hybridized carbons (Fsp3) is 0.389. The molecule has 1 unspecified atom stereocenters. The van der Waals surface area contributed by atoms with Crippen molar-refractivity contribution in [1.82, 2.24) is 9.71 Å². The first-order valence-electron chi connectivity index (χ1n) is 8.58. The number of nitrogens with zero attached hydrogens (tertiary/aromatic N) is 1. The average molecular weight is 377 g/mol. The third kappa shape index (κ3) is 4.44. The average Bonchev–Trinajstić information content (AvgIpc) is 3.08. The molecule has 1 aromatic carbocycles. The molecule has 0 amide bonds. The van der Waals surface area contributed by atoms with Crippen LogP contribution in [0.4, 0.5) is 5.82 Å². The third-order valence-electron chi connectivity index (χ3n) is 4.04. The number of fused-ring (bicyclic) bond motifs is 1. The Morgan fingerprint density at radius 2 is 2.00 bits per heavy atom. The quantitative estimate of drug-likeness (QED) is 0.735. The van der Waals surface area contributed by atoms with Gasteiger partial charge in [0.1, 0.15) is 10.7 Å². The standard InChI is InChI=1S/C18H23N3O4S/c1-3-4-13(2)21-26(22,23)15-6-8-18(20-11-15)19-10-14-5-7-16-17(9-14)25-12-24-16/h5-9,11,13,21H,3-4,10,12H2,1-2H3,(H,19,20). The summed E-state index contributed by atoms with van der Waals surface area (Å²) in [5.41, 5.74) is 1.02. The lowest BCUT2D eigenvalue weighted by atomic mass is 10.2. The van der Waals surface area contributed by atoms with Gasteiger partial charge in [-0.2, -0.15) is 0 Å². The zero-order valence-electron chi connectivity index (χ0n) is 14.9. The number of pyridine rings is 1. The third-order valence-corrected chi connectivity index (χ3v) is 5.61. The lowest BCUT2D eigenvalue weighted by Gasteiger charge is -2.13. The van der Waals surface area contributed by atoms with Gasteiger partial charge in [-0.05, 0) is 43.2 Å². The summed E-state index contributed by atoms with van der Waals surface area (Å²) in [6, 6.07) is 8.83. The topological polar surface area (TPSA) is 89.6 Å². The highest BCUT2D eigenvalue weighted by molar-refractivity contribution is 7.89. The van der Waals surface area contributed by atoms with Gasteiger partial charge in [0.25, 0.3) is 0 Å². The van der Waals surface area contributed by atoms with Crippen molar-refractivity contribution in [3.63, 3.8) is 0 Å². The van der Waals surface area contributed by atoms with Gasteiger partial charge >= 0.3 is 0 Å². The van der Waals surface area contributed by atoms with Crippen molar-refractivity contribution in [2.75, 3.05) is 12.1 Å². The van der Waals surface area contributed by atoms with E-state index in [1.165, 1.54) is 6.20 Å². The first kappa shape index (κ1) is 18.5. The molecule has 2 aromatic rings. The van der Waals surface area contributed by atoms with E-state index < -0.39 is 10.0 Å². The molecule has 0 fully saturated rings. The molecule has 1 aliphatic rings. The van der Waals surface area contributed by atoms with Crippen LogP contribution in [0.25, 0.3) is 0 Å². The van der Waals surface area contributed by atoms with Crippen LogP contribution in [0.15, 0.2) is 41.4 Å². The summed E-state index contributed by atoms with van der Waals surface area (Å²) in [4.78, 5) is 4.36. The minimum atomic E-state index is -3.54. The lowest BCUT2D eigenvalue weighted by molar-refractivity contribution is 0.174. The lowest BCUT2D eigenvalue weighted by Crippen LogP contribution is -2.32. The predicted molar refractivity (Wildman–Crippen MR) is 98.8 cm³/mol. The monoisotopic (exact) mass is 377 g/mol. The minimum absolute atomic E-state index is 0.103. The Labute approximate surface area is 153 Å². The highest BCUT2D eigenvalue weighted by Gasteiger charge is 2.17. The Morgan fingerprint density at radius 3 is 2.73 bits per heavy atom. The van der Waals surface area contributed by atoms with Crippen LogP contribution in [-0.4, -0.2) is 26.2 Å². The molecule has 1 aromatic heterocycles. The number of rotatable bonds is 8. The summed E-state index contributed by atoms with van der Waals surface area (Å²) in [6.07, 6.45) is 3.08. The normalized spacial score (nSPS) is 14.2. The molecular weight excluding hydrogens is 354 g/mol. The summed E-state index contributed by atoms with van der Waals surface area (Å²) < 4.78 is 37.9. The molecule has 1 atom stereocenters. The highest BCUT2D eigenvalue weighted by atomic mass is 32.2. The Kier molecular flexibility index (Phi) is 5.63. The van der Waals surface area contributed by atoms with E-state index in [9.17, 15) is 8.42 Å². The summed E-state index contributed by atoms with van der Waals surface area (Å²) in [6.45, 7) is 4.67. The number of nitrogens with one attached hydrogen (secondary N) is 2. The maximum Gasteiger partial charge on any atom is 0.242 e. The van der Waals surface area contributed by atoms with Gasteiger partial charge in [0.05, 0.1) is 0 Å². The van der Waals surface area contributed by atoms with Gasteiger partial charge in [0, 0.05) is 18.8 Å². The number of aromatic nitrogens is 1. The number of ether oxygens (including phenoxy) is 2. The minimum Gasteiger partial charge on any atom is -0.454 e. The Balaban J connectivity index is 1.61. The van der Waals surface area contributed by atoms with Gasteiger partial charge < -0.3 is 14.8 Å². The fourth-order valence-corrected chi connectivity index (χ4v) is 3.93.